The summed E-state index contributed by atoms with van der Waals surface area (Å²) in [5, 5.41) is 10.2. The summed E-state index contributed by atoms with van der Waals surface area (Å²) in [4.78, 5) is 0. The van der Waals surface area contributed by atoms with Gasteiger partial charge in [0.15, 0.2) is 11.0 Å². The lowest BCUT2D eigenvalue weighted by Crippen LogP contribution is -2.01. The average Bonchev–Trinajstić information content (AvgIpc) is 2.97. The van der Waals surface area contributed by atoms with Crippen LogP contribution in [-0.4, -0.2) is 14.8 Å². The minimum absolute atomic E-state index is 0.231. The third kappa shape index (κ3) is 4.06. The molecule has 0 N–H and O–H groups in total. The summed E-state index contributed by atoms with van der Waals surface area (Å²) >= 11 is 13.7. The maximum atomic E-state index is 13.8. The average molecular weight is 394 g/mol. The Kier molecular flexibility index (Phi) is 5.78. The van der Waals surface area contributed by atoms with Crippen molar-refractivity contribution in [2.75, 3.05) is 0 Å². The minimum Gasteiger partial charge on any atom is -0.298 e. The van der Waals surface area contributed by atoms with Gasteiger partial charge in [0.05, 0.1) is 5.02 Å². The van der Waals surface area contributed by atoms with Crippen LogP contribution in [0, 0.1) is 5.82 Å². The van der Waals surface area contributed by atoms with E-state index in [9.17, 15) is 4.39 Å². The number of aromatic nitrogens is 3. The van der Waals surface area contributed by atoms with Gasteiger partial charge in [-0.2, -0.15) is 0 Å². The molecule has 0 amide bonds. The number of hydrogen-bond acceptors (Lipinski definition) is 3. The molecule has 0 spiro atoms. The Bertz CT molecular complexity index is 911. The normalized spacial score (nSPS) is 10.8. The molecule has 0 unspecified atom stereocenters. The molecule has 0 aliphatic carbocycles. The lowest BCUT2D eigenvalue weighted by molar-refractivity contribution is 0.617. The first kappa shape index (κ1) is 18.0. The summed E-state index contributed by atoms with van der Waals surface area (Å²) in [6, 6.07) is 11.9. The van der Waals surface area contributed by atoms with E-state index in [0.29, 0.717) is 38.9 Å². The van der Waals surface area contributed by atoms with Gasteiger partial charge in [-0.25, -0.2) is 4.39 Å². The summed E-state index contributed by atoms with van der Waals surface area (Å²) in [7, 11) is 0. The standard InChI is InChI=1S/C18H14Cl2FN3S/c1-2-9-24-17(14-8-7-13(19)10-15(14)20)22-23-18(24)25-11-12-5-3-4-6-16(12)21/h2-8,10H,1,9,11H2. The zero-order valence-electron chi connectivity index (χ0n) is 13.1. The van der Waals surface area contributed by atoms with E-state index in [1.165, 1.54) is 17.8 Å². The second-order valence-electron chi connectivity index (χ2n) is 5.21. The van der Waals surface area contributed by atoms with Crippen molar-refractivity contribution in [3.8, 4) is 11.4 Å². The van der Waals surface area contributed by atoms with Crippen LogP contribution in [0.15, 0.2) is 60.3 Å². The van der Waals surface area contributed by atoms with E-state index in [-0.39, 0.29) is 5.82 Å². The van der Waals surface area contributed by atoms with Gasteiger partial charge in [0.2, 0.25) is 0 Å². The number of nitrogens with zero attached hydrogens (tertiary/aromatic N) is 3. The Morgan fingerprint density at radius 2 is 1.96 bits per heavy atom. The molecule has 0 atom stereocenters. The summed E-state index contributed by atoms with van der Waals surface area (Å²) in [6.45, 7) is 4.30. The van der Waals surface area contributed by atoms with Crippen molar-refractivity contribution in [3.05, 3.63) is 76.5 Å². The fraction of sp³-hybridized carbons (Fsp3) is 0.111. The molecular weight excluding hydrogens is 380 g/mol. The van der Waals surface area contributed by atoms with E-state index in [1.54, 1.807) is 36.4 Å². The van der Waals surface area contributed by atoms with E-state index in [2.05, 4.69) is 16.8 Å². The van der Waals surface area contributed by atoms with Crippen LogP contribution in [0.3, 0.4) is 0 Å². The molecule has 0 saturated carbocycles. The maximum Gasteiger partial charge on any atom is 0.192 e. The molecule has 0 aliphatic heterocycles. The predicted octanol–water partition coefficient (Wildman–Crippen LogP) is 5.87. The Hall–Kier alpha value is -1.82. The van der Waals surface area contributed by atoms with Crippen LogP contribution in [0.4, 0.5) is 4.39 Å². The number of hydrogen-bond donors (Lipinski definition) is 0. The Morgan fingerprint density at radius 3 is 2.68 bits per heavy atom. The van der Waals surface area contributed by atoms with Crippen LogP contribution in [0.25, 0.3) is 11.4 Å². The topological polar surface area (TPSA) is 30.7 Å². The van der Waals surface area contributed by atoms with Crippen molar-refractivity contribution < 1.29 is 4.39 Å². The predicted molar refractivity (Wildman–Crippen MR) is 102 cm³/mol. The van der Waals surface area contributed by atoms with Gasteiger partial charge < -0.3 is 0 Å². The molecule has 0 aliphatic rings. The number of thioether (sulfide) groups is 1. The van der Waals surface area contributed by atoms with Crippen molar-refractivity contribution in [2.24, 2.45) is 0 Å². The fourth-order valence-corrected chi connectivity index (χ4v) is 3.74. The molecule has 0 bridgehead atoms. The van der Waals surface area contributed by atoms with Gasteiger partial charge in [0, 0.05) is 22.9 Å². The van der Waals surface area contributed by atoms with Crippen LogP contribution in [0.1, 0.15) is 5.56 Å². The van der Waals surface area contributed by atoms with E-state index in [4.69, 9.17) is 23.2 Å². The van der Waals surface area contributed by atoms with Crippen LogP contribution in [0.2, 0.25) is 10.0 Å². The first-order chi connectivity index (χ1) is 12.1. The third-order valence-electron chi connectivity index (χ3n) is 3.52. The first-order valence-corrected chi connectivity index (χ1v) is 9.20. The van der Waals surface area contributed by atoms with E-state index < -0.39 is 0 Å². The molecule has 128 valence electrons. The van der Waals surface area contributed by atoms with Crippen LogP contribution < -0.4 is 0 Å². The summed E-state index contributed by atoms with van der Waals surface area (Å²) in [5.74, 6) is 0.847. The lowest BCUT2D eigenvalue weighted by Gasteiger charge is -2.09. The van der Waals surface area contributed by atoms with Crippen LogP contribution >= 0.6 is 35.0 Å². The second-order valence-corrected chi connectivity index (χ2v) is 7.00. The smallest absolute Gasteiger partial charge is 0.192 e. The van der Waals surface area contributed by atoms with Gasteiger partial charge in [0.25, 0.3) is 0 Å². The van der Waals surface area contributed by atoms with Gasteiger partial charge in [-0.05, 0) is 29.8 Å². The quantitative estimate of drug-likeness (QED) is 0.387. The van der Waals surface area contributed by atoms with Gasteiger partial charge in [-0.1, -0.05) is 59.2 Å². The Morgan fingerprint density at radius 1 is 1.16 bits per heavy atom. The highest BCUT2D eigenvalue weighted by Gasteiger charge is 2.16. The lowest BCUT2D eigenvalue weighted by atomic mass is 10.2. The Labute approximate surface area is 159 Å². The number of halogens is 3. The molecule has 3 nitrogen and oxygen atoms in total. The molecule has 0 saturated heterocycles. The highest BCUT2D eigenvalue weighted by atomic mass is 35.5. The molecule has 0 radical (unpaired) electrons. The van der Waals surface area contributed by atoms with Crippen LogP contribution in [0.5, 0.6) is 0 Å². The summed E-state index contributed by atoms with van der Waals surface area (Å²) < 4.78 is 15.7. The molecule has 2 aromatic carbocycles. The molecule has 25 heavy (non-hydrogen) atoms. The molecule has 7 heteroatoms. The molecule has 0 fully saturated rings. The monoisotopic (exact) mass is 393 g/mol. The van der Waals surface area contributed by atoms with Gasteiger partial charge in [-0.15, -0.1) is 16.8 Å². The zero-order valence-corrected chi connectivity index (χ0v) is 15.5. The van der Waals surface area contributed by atoms with Gasteiger partial charge in [-0.3, -0.25) is 4.57 Å². The molecule has 3 rings (SSSR count). The number of benzene rings is 2. The first-order valence-electron chi connectivity index (χ1n) is 7.46. The van der Waals surface area contributed by atoms with E-state index in [1.807, 2.05) is 10.6 Å². The van der Waals surface area contributed by atoms with Crippen molar-refractivity contribution in [1.82, 2.24) is 14.8 Å². The highest BCUT2D eigenvalue weighted by molar-refractivity contribution is 7.98. The third-order valence-corrected chi connectivity index (χ3v) is 5.08. The van der Waals surface area contributed by atoms with Crippen molar-refractivity contribution in [3.63, 3.8) is 0 Å². The number of allylic oxidation sites excluding steroid dienone is 1. The zero-order chi connectivity index (χ0) is 17.8. The largest absolute Gasteiger partial charge is 0.298 e. The minimum atomic E-state index is -0.231. The van der Waals surface area contributed by atoms with Crippen molar-refractivity contribution in [2.45, 2.75) is 17.5 Å². The maximum absolute atomic E-state index is 13.8. The summed E-state index contributed by atoms with van der Waals surface area (Å²) in [5.41, 5.74) is 1.35. The summed E-state index contributed by atoms with van der Waals surface area (Å²) in [6.07, 6.45) is 1.75. The molecule has 1 aromatic heterocycles. The molecule has 3 aromatic rings. The van der Waals surface area contributed by atoms with Gasteiger partial charge in [0.1, 0.15) is 5.82 Å². The van der Waals surface area contributed by atoms with Gasteiger partial charge >= 0.3 is 0 Å². The van der Waals surface area contributed by atoms with Crippen molar-refractivity contribution in [1.29, 1.82) is 0 Å². The van der Waals surface area contributed by atoms with E-state index >= 15 is 0 Å². The van der Waals surface area contributed by atoms with E-state index in [0.717, 1.165) is 5.56 Å². The number of rotatable bonds is 6. The SMILES string of the molecule is C=CCn1c(SCc2ccccc2F)nnc1-c1ccc(Cl)cc1Cl. The van der Waals surface area contributed by atoms with Crippen molar-refractivity contribution >= 4 is 35.0 Å². The molecule has 1 heterocycles. The fourth-order valence-electron chi connectivity index (χ4n) is 2.32. The Balaban J connectivity index is 1.92. The van der Waals surface area contributed by atoms with Crippen LogP contribution in [-0.2, 0) is 12.3 Å². The highest BCUT2D eigenvalue weighted by Crippen LogP contribution is 2.32. The molecular formula is C18H14Cl2FN3S. The second kappa shape index (κ2) is 8.04.